The third kappa shape index (κ3) is 5.53. The van der Waals surface area contributed by atoms with E-state index in [0.717, 1.165) is 39.2 Å². The standard InChI is InChI=1S/C40H46N6O5/c1-22-23(2)39(50-6)37(48)34-27(22)16-29-31(18-41)46-30(35(34)44(29)4)17-28-33(36(47)40(51-7)24(3)38(28)49-5)32(46)21-45(19-25-12-8-10-14-42-25)20-26-13-9-11-15-43-26/h8-15,29-32,35,47-48H,16-17,19-21H2,1-7H3/t29-,30-,31-,32-,35-/m0/s1. The molecular formula is C40H46N6O5. The van der Waals surface area contributed by atoms with Crippen LogP contribution in [0.3, 0.4) is 0 Å². The van der Waals surface area contributed by atoms with E-state index >= 15 is 0 Å². The van der Waals surface area contributed by atoms with Crippen LogP contribution >= 0.6 is 0 Å². The lowest BCUT2D eigenvalue weighted by atomic mass is 9.70. The Morgan fingerprint density at radius 3 is 1.90 bits per heavy atom. The second-order valence-corrected chi connectivity index (χ2v) is 14.0. The van der Waals surface area contributed by atoms with Crippen LogP contribution in [0.25, 0.3) is 0 Å². The molecule has 0 amide bonds. The molecule has 2 aromatic heterocycles. The normalized spacial score (nSPS) is 22.5. The minimum Gasteiger partial charge on any atom is -0.504 e. The van der Waals surface area contributed by atoms with Crippen LogP contribution in [0.1, 0.15) is 62.4 Å². The minimum atomic E-state index is -0.532. The number of aromatic nitrogens is 2. The van der Waals surface area contributed by atoms with Crippen LogP contribution in [-0.2, 0) is 25.9 Å². The van der Waals surface area contributed by atoms with Crippen molar-refractivity contribution >= 4 is 0 Å². The van der Waals surface area contributed by atoms with E-state index < -0.39 is 12.1 Å². The number of benzene rings is 2. The molecule has 0 aliphatic carbocycles. The number of pyridine rings is 2. The van der Waals surface area contributed by atoms with Crippen molar-refractivity contribution in [1.29, 1.82) is 5.26 Å². The van der Waals surface area contributed by atoms with Crippen molar-refractivity contribution < 1.29 is 24.4 Å². The Balaban J connectivity index is 1.46. The van der Waals surface area contributed by atoms with E-state index in [2.05, 4.69) is 44.7 Å². The molecule has 2 bridgehead atoms. The van der Waals surface area contributed by atoms with Gasteiger partial charge in [0, 0.05) is 66.4 Å². The number of phenolic OH excluding ortho intramolecular Hbond substituents is 2. The molecule has 3 aliphatic rings. The summed E-state index contributed by atoms with van der Waals surface area (Å²) in [4.78, 5) is 16.2. The number of nitrogens with zero attached hydrogens (tertiary/aromatic N) is 6. The number of hydrogen-bond acceptors (Lipinski definition) is 11. The summed E-state index contributed by atoms with van der Waals surface area (Å²) in [7, 11) is 6.86. The maximum atomic E-state index is 12.1. The van der Waals surface area contributed by atoms with Gasteiger partial charge in [0.15, 0.2) is 23.0 Å². The summed E-state index contributed by atoms with van der Waals surface area (Å²) < 4.78 is 17.7. The van der Waals surface area contributed by atoms with E-state index in [1.54, 1.807) is 33.7 Å². The first kappa shape index (κ1) is 34.6. The average Bonchev–Trinajstić information content (AvgIpc) is 3.12. The number of rotatable bonds is 9. The molecule has 0 unspecified atom stereocenters. The molecule has 1 saturated heterocycles. The van der Waals surface area contributed by atoms with E-state index in [4.69, 9.17) is 14.2 Å². The van der Waals surface area contributed by atoms with Crippen LogP contribution in [0.15, 0.2) is 48.8 Å². The smallest absolute Gasteiger partial charge is 0.167 e. The Hall–Kier alpha value is -4.89. The Morgan fingerprint density at radius 1 is 0.784 bits per heavy atom. The Bertz CT molecular complexity index is 1940. The van der Waals surface area contributed by atoms with E-state index in [-0.39, 0.29) is 29.6 Å². The minimum absolute atomic E-state index is 0.0574. The monoisotopic (exact) mass is 690 g/mol. The van der Waals surface area contributed by atoms with Crippen LogP contribution in [0.5, 0.6) is 28.7 Å². The van der Waals surface area contributed by atoms with Crippen molar-refractivity contribution in [2.45, 2.75) is 76.9 Å². The third-order valence-corrected chi connectivity index (χ3v) is 11.5. The molecule has 51 heavy (non-hydrogen) atoms. The van der Waals surface area contributed by atoms with Gasteiger partial charge in [-0.15, -0.1) is 0 Å². The molecule has 11 heteroatoms. The SMILES string of the molecule is COc1c(C)c(C)c2c(c1O)[C@@H]1[C@@H]3Cc4c(OC)c(C)c(OC)c(O)c4[C@H](CN(Cc4ccccn4)Cc4ccccn4)N3[C@@H](C#N)[C@H](C2)N1C. The van der Waals surface area contributed by atoms with E-state index in [1.165, 1.54) is 0 Å². The Morgan fingerprint density at radius 2 is 1.35 bits per heavy atom. The van der Waals surface area contributed by atoms with Gasteiger partial charge in [-0.3, -0.25) is 24.7 Å². The molecule has 2 N–H and O–H groups in total. The molecule has 0 saturated carbocycles. The van der Waals surface area contributed by atoms with Crippen molar-refractivity contribution in [3.63, 3.8) is 0 Å². The number of phenols is 2. The molecule has 3 aliphatic heterocycles. The number of hydrogen-bond donors (Lipinski definition) is 2. The van der Waals surface area contributed by atoms with Gasteiger partial charge < -0.3 is 24.4 Å². The van der Waals surface area contributed by atoms with Crippen LogP contribution in [0, 0.1) is 32.1 Å². The predicted octanol–water partition coefficient (Wildman–Crippen LogP) is 5.31. The summed E-state index contributed by atoms with van der Waals surface area (Å²) in [6.45, 7) is 7.44. The molecule has 5 atom stereocenters. The lowest BCUT2D eigenvalue weighted by molar-refractivity contribution is -0.0796. The second kappa shape index (κ2) is 13.7. The van der Waals surface area contributed by atoms with Crippen LogP contribution in [-0.4, -0.2) is 87.9 Å². The molecule has 7 rings (SSSR count). The van der Waals surface area contributed by atoms with Crippen molar-refractivity contribution in [3.8, 4) is 34.8 Å². The first-order chi connectivity index (χ1) is 24.6. The predicted molar refractivity (Wildman–Crippen MR) is 192 cm³/mol. The Kier molecular flexibility index (Phi) is 9.27. The van der Waals surface area contributed by atoms with Crippen LogP contribution in [0.4, 0.5) is 0 Å². The number of piperazine rings is 1. The third-order valence-electron chi connectivity index (χ3n) is 11.5. The zero-order valence-corrected chi connectivity index (χ0v) is 30.3. The van der Waals surface area contributed by atoms with E-state index in [1.807, 2.05) is 50.2 Å². The number of fused-ring (bicyclic) bond motifs is 7. The van der Waals surface area contributed by atoms with Crippen molar-refractivity contribution in [2.24, 2.45) is 0 Å². The summed E-state index contributed by atoms with van der Waals surface area (Å²) >= 11 is 0. The highest BCUT2D eigenvalue weighted by Crippen LogP contribution is 2.58. The number of aromatic hydroxyl groups is 2. The van der Waals surface area contributed by atoms with Gasteiger partial charge >= 0.3 is 0 Å². The highest BCUT2D eigenvalue weighted by Gasteiger charge is 2.57. The highest BCUT2D eigenvalue weighted by atomic mass is 16.5. The fraction of sp³-hybridized carbons (Fsp3) is 0.425. The van der Waals surface area contributed by atoms with Crippen molar-refractivity contribution in [2.75, 3.05) is 34.9 Å². The van der Waals surface area contributed by atoms with Crippen LogP contribution < -0.4 is 14.2 Å². The summed E-state index contributed by atoms with van der Waals surface area (Å²) in [6, 6.07) is 12.8. The summed E-state index contributed by atoms with van der Waals surface area (Å²) in [5.41, 5.74) is 7.98. The van der Waals surface area contributed by atoms with Gasteiger partial charge in [-0.05, 0) is 81.6 Å². The molecule has 0 radical (unpaired) electrons. The average molecular weight is 691 g/mol. The second-order valence-electron chi connectivity index (χ2n) is 14.0. The summed E-state index contributed by atoms with van der Waals surface area (Å²) in [5, 5.41) is 35.2. The lowest BCUT2D eigenvalue weighted by Gasteiger charge is -2.60. The first-order valence-electron chi connectivity index (χ1n) is 17.4. The maximum Gasteiger partial charge on any atom is 0.167 e. The molecule has 2 aromatic carbocycles. The summed E-state index contributed by atoms with van der Waals surface area (Å²) in [5.74, 6) is 1.70. The lowest BCUT2D eigenvalue weighted by Crippen LogP contribution is -2.68. The molecule has 1 fully saturated rings. The Labute approximate surface area is 299 Å². The van der Waals surface area contributed by atoms with E-state index in [0.29, 0.717) is 60.9 Å². The van der Waals surface area contributed by atoms with E-state index in [9.17, 15) is 15.5 Å². The molecule has 5 heterocycles. The fourth-order valence-corrected chi connectivity index (χ4v) is 9.19. The van der Waals surface area contributed by atoms with Gasteiger partial charge in [0.2, 0.25) is 0 Å². The number of ether oxygens (including phenoxy) is 3. The summed E-state index contributed by atoms with van der Waals surface area (Å²) in [6.07, 6.45) is 4.65. The molecule has 11 nitrogen and oxygen atoms in total. The van der Waals surface area contributed by atoms with Gasteiger partial charge in [0.1, 0.15) is 11.8 Å². The fourth-order valence-electron chi connectivity index (χ4n) is 9.19. The number of likely N-dealkylation sites (N-methyl/N-ethyl adjacent to an activating group) is 1. The van der Waals surface area contributed by atoms with Crippen molar-refractivity contribution in [1.82, 2.24) is 24.7 Å². The first-order valence-corrected chi connectivity index (χ1v) is 17.4. The van der Waals surface area contributed by atoms with Crippen LogP contribution in [0.2, 0.25) is 0 Å². The number of methoxy groups -OCH3 is 3. The quantitative estimate of drug-likeness (QED) is 0.237. The van der Waals surface area contributed by atoms with Gasteiger partial charge in [-0.25, -0.2) is 0 Å². The largest absolute Gasteiger partial charge is 0.504 e. The zero-order chi connectivity index (χ0) is 36.1. The van der Waals surface area contributed by atoms with Gasteiger partial charge in [0.05, 0.1) is 50.9 Å². The van der Waals surface area contributed by atoms with Gasteiger partial charge in [0.25, 0.3) is 0 Å². The molecule has 4 aromatic rings. The van der Waals surface area contributed by atoms with Gasteiger partial charge in [-0.1, -0.05) is 12.1 Å². The molecule has 0 spiro atoms. The molecular weight excluding hydrogens is 644 g/mol. The van der Waals surface area contributed by atoms with Crippen molar-refractivity contribution in [3.05, 3.63) is 99.1 Å². The topological polar surface area (TPSA) is 127 Å². The zero-order valence-electron chi connectivity index (χ0n) is 30.3. The maximum absolute atomic E-state index is 12.1. The number of nitriles is 1. The molecule has 266 valence electrons. The van der Waals surface area contributed by atoms with Gasteiger partial charge in [-0.2, -0.15) is 5.26 Å². The highest BCUT2D eigenvalue weighted by molar-refractivity contribution is 5.66.